The Morgan fingerprint density at radius 2 is 1.97 bits per heavy atom. The van der Waals surface area contributed by atoms with Crippen molar-refractivity contribution >= 4 is 18.3 Å². The number of likely N-dealkylation sites (tertiary alicyclic amines) is 1. The van der Waals surface area contributed by atoms with E-state index in [-0.39, 0.29) is 24.4 Å². The van der Waals surface area contributed by atoms with Crippen LogP contribution in [-0.2, 0) is 13.0 Å². The highest BCUT2D eigenvalue weighted by Gasteiger charge is 2.47. The number of halogens is 1. The molecule has 2 aromatic rings. The van der Waals surface area contributed by atoms with Crippen LogP contribution >= 0.6 is 12.4 Å². The maximum atomic E-state index is 13.6. The van der Waals surface area contributed by atoms with E-state index in [1.807, 2.05) is 17.0 Å². The third-order valence-electron chi connectivity index (χ3n) is 6.58. The van der Waals surface area contributed by atoms with Crippen molar-refractivity contribution in [2.45, 2.75) is 38.3 Å². The van der Waals surface area contributed by atoms with E-state index in [9.17, 15) is 4.79 Å². The average Bonchev–Trinajstić information content (AvgIpc) is 3.38. The number of benzene rings is 1. The number of hydrogen-bond acceptors (Lipinski definition) is 5. The van der Waals surface area contributed by atoms with Gasteiger partial charge in [0.15, 0.2) is 0 Å². The van der Waals surface area contributed by atoms with Crippen molar-refractivity contribution in [3.63, 3.8) is 0 Å². The van der Waals surface area contributed by atoms with Gasteiger partial charge < -0.3 is 19.5 Å². The first-order valence-electron chi connectivity index (χ1n) is 10.3. The molecule has 0 bridgehead atoms. The number of nitrogens with zero attached hydrogens (tertiary/aromatic N) is 4. The van der Waals surface area contributed by atoms with Gasteiger partial charge >= 0.3 is 0 Å². The minimum Gasteiger partial charge on any atom is -0.497 e. The van der Waals surface area contributed by atoms with E-state index in [1.165, 1.54) is 12.0 Å². The molecule has 156 valence electrons. The van der Waals surface area contributed by atoms with Gasteiger partial charge in [0, 0.05) is 38.5 Å². The zero-order chi connectivity index (χ0) is 19.1. The van der Waals surface area contributed by atoms with E-state index in [2.05, 4.69) is 32.2 Å². The van der Waals surface area contributed by atoms with Crippen molar-refractivity contribution in [1.29, 1.82) is 0 Å². The first-order valence-corrected chi connectivity index (χ1v) is 10.3. The summed E-state index contributed by atoms with van der Waals surface area (Å²) < 4.78 is 7.37. The number of nitrogens with one attached hydrogen (secondary N) is 1. The molecule has 0 saturated carbocycles. The zero-order valence-electron chi connectivity index (χ0n) is 16.7. The van der Waals surface area contributed by atoms with Crippen molar-refractivity contribution in [3.05, 3.63) is 41.5 Å². The lowest BCUT2D eigenvalue weighted by atomic mass is 9.89. The number of ether oxygens (including phenoxy) is 1. The molecule has 2 saturated heterocycles. The van der Waals surface area contributed by atoms with E-state index in [1.54, 1.807) is 7.11 Å². The monoisotopic (exact) mass is 417 g/mol. The molecule has 4 heterocycles. The van der Waals surface area contributed by atoms with Gasteiger partial charge in [-0.3, -0.25) is 4.79 Å². The lowest BCUT2D eigenvalue weighted by Gasteiger charge is -2.28. The number of hydrogen-bond donors (Lipinski definition) is 1. The predicted molar refractivity (Wildman–Crippen MR) is 111 cm³/mol. The van der Waals surface area contributed by atoms with Gasteiger partial charge in [-0.05, 0) is 36.5 Å². The largest absolute Gasteiger partial charge is 0.497 e. The van der Waals surface area contributed by atoms with Crippen molar-refractivity contribution < 1.29 is 9.53 Å². The zero-order valence-corrected chi connectivity index (χ0v) is 17.5. The van der Waals surface area contributed by atoms with Gasteiger partial charge in [0.25, 0.3) is 5.91 Å². The number of fused-ring (bicyclic) bond motifs is 2. The summed E-state index contributed by atoms with van der Waals surface area (Å²) >= 11 is 0. The third-order valence-corrected chi connectivity index (χ3v) is 6.58. The highest BCUT2D eigenvalue weighted by molar-refractivity contribution is 5.91. The normalized spacial score (nSPS) is 25.7. The molecule has 5 rings (SSSR count). The molecular formula is C21H28ClN5O2. The van der Waals surface area contributed by atoms with Gasteiger partial charge in [0.2, 0.25) is 5.82 Å². The van der Waals surface area contributed by atoms with Gasteiger partial charge in [0.1, 0.15) is 11.6 Å². The van der Waals surface area contributed by atoms with Crippen LogP contribution < -0.4 is 10.1 Å². The van der Waals surface area contributed by atoms with Crippen LogP contribution in [-0.4, -0.2) is 52.3 Å². The molecule has 29 heavy (non-hydrogen) atoms. The van der Waals surface area contributed by atoms with E-state index < -0.39 is 0 Å². The first kappa shape index (κ1) is 20.2. The lowest BCUT2D eigenvalue weighted by Crippen LogP contribution is -2.36. The van der Waals surface area contributed by atoms with E-state index >= 15 is 0 Å². The summed E-state index contributed by atoms with van der Waals surface area (Å²) in [6, 6.07) is 8.22. The second kappa shape index (κ2) is 8.32. The molecule has 1 amide bonds. The summed E-state index contributed by atoms with van der Waals surface area (Å²) in [5.41, 5.74) is 1.17. The van der Waals surface area contributed by atoms with Gasteiger partial charge in [-0.1, -0.05) is 18.6 Å². The minimum atomic E-state index is 0. The van der Waals surface area contributed by atoms with Crippen LogP contribution in [0.25, 0.3) is 0 Å². The number of aryl methyl sites for hydroxylation is 1. The standard InChI is InChI=1S/C21H27N5O2.ClH/c1-28-16-8-6-14(7-9-16)19-17-12-22-11-15(17)13-26(19)21(27)20-24-23-18-5-3-2-4-10-25(18)20;/h6-9,15,17,19,22H,2-5,10-13H2,1H3;1H/t15-,17-,19-;/m0./s1. The number of carbonyl (C=O) groups excluding carboxylic acids is 1. The van der Waals surface area contributed by atoms with Crippen LogP contribution in [0.1, 0.15) is 47.3 Å². The fourth-order valence-corrected chi connectivity index (χ4v) is 5.13. The summed E-state index contributed by atoms with van der Waals surface area (Å²) in [6.07, 6.45) is 4.31. The van der Waals surface area contributed by atoms with Crippen LogP contribution in [0.15, 0.2) is 24.3 Å². The third kappa shape index (κ3) is 3.51. The van der Waals surface area contributed by atoms with Crippen LogP contribution in [0, 0.1) is 11.8 Å². The Balaban J connectivity index is 0.00000205. The molecule has 1 N–H and O–H groups in total. The molecule has 3 atom stereocenters. The minimum absolute atomic E-state index is 0. The maximum Gasteiger partial charge on any atom is 0.292 e. The van der Waals surface area contributed by atoms with Crippen LogP contribution in [0.3, 0.4) is 0 Å². The summed E-state index contributed by atoms with van der Waals surface area (Å²) in [7, 11) is 1.67. The molecule has 0 unspecified atom stereocenters. The Morgan fingerprint density at radius 1 is 1.14 bits per heavy atom. The van der Waals surface area contributed by atoms with Crippen LogP contribution in [0.4, 0.5) is 0 Å². The first-order chi connectivity index (χ1) is 13.8. The Kier molecular flexibility index (Phi) is 5.79. The van der Waals surface area contributed by atoms with Crippen molar-refractivity contribution in [2.75, 3.05) is 26.7 Å². The van der Waals surface area contributed by atoms with Gasteiger partial charge in [-0.15, -0.1) is 22.6 Å². The number of amides is 1. The molecule has 8 heteroatoms. The van der Waals surface area contributed by atoms with Gasteiger partial charge in [-0.2, -0.15) is 0 Å². The van der Waals surface area contributed by atoms with Gasteiger partial charge in [-0.25, -0.2) is 0 Å². The van der Waals surface area contributed by atoms with Crippen LogP contribution in [0.5, 0.6) is 5.75 Å². The molecule has 7 nitrogen and oxygen atoms in total. The van der Waals surface area contributed by atoms with E-state index in [0.717, 1.165) is 57.0 Å². The number of rotatable bonds is 3. The van der Waals surface area contributed by atoms with E-state index in [0.29, 0.717) is 17.7 Å². The number of carbonyl (C=O) groups is 1. The summed E-state index contributed by atoms with van der Waals surface area (Å²) in [4.78, 5) is 15.6. The molecule has 2 fully saturated rings. The topological polar surface area (TPSA) is 72.3 Å². The average molecular weight is 418 g/mol. The second-order valence-corrected chi connectivity index (χ2v) is 8.16. The van der Waals surface area contributed by atoms with Gasteiger partial charge in [0.05, 0.1) is 13.2 Å². The second-order valence-electron chi connectivity index (χ2n) is 8.16. The fraction of sp³-hybridized carbons (Fsp3) is 0.571. The molecule has 0 radical (unpaired) electrons. The van der Waals surface area contributed by atoms with Crippen molar-refractivity contribution in [1.82, 2.24) is 25.0 Å². The fourth-order valence-electron chi connectivity index (χ4n) is 5.13. The molecule has 0 aliphatic carbocycles. The van der Waals surface area contributed by atoms with Crippen LogP contribution in [0.2, 0.25) is 0 Å². The molecule has 1 aromatic carbocycles. The van der Waals surface area contributed by atoms with E-state index in [4.69, 9.17) is 4.74 Å². The Hall–Kier alpha value is -2.12. The molecule has 0 spiro atoms. The smallest absolute Gasteiger partial charge is 0.292 e. The Morgan fingerprint density at radius 3 is 2.76 bits per heavy atom. The number of aromatic nitrogens is 3. The SMILES string of the molecule is COc1ccc([C@H]2[C@H]3CNC[C@H]3CN2C(=O)c2nnc3n2CCCCC3)cc1.Cl. The summed E-state index contributed by atoms with van der Waals surface area (Å²) in [5, 5.41) is 12.2. The summed E-state index contributed by atoms with van der Waals surface area (Å²) in [6.45, 7) is 3.54. The lowest BCUT2D eigenvalue weighted by molar-refractivity contribution is 0.0695. The molecular weight excluding hydrogens is 390 g/mol. The Labute approximate surface area is 177 Å². The summed E-state index contributed by atoms with van der Waals surface area (Å²) in [5.74, 6) is 3.26. The Bertz CT molecular complexity index is 868. The highest BCUT2D eigenvalue weighted by atomic mass is 35.5. The van der Waals surface area contributed by atoms with Crippen molar-refractivity contribution in [3.8, 4) is 5.75 Å². The highest BCUT2D eigenvalue weighted by Crippen LogP contribution is 2.43. The quantitative estimate of drug-likeness (QED) is 0.830. The number of methoxy groups -OCH3 is 1. The predicted octanol–water partition coefficient (Wildman–Crippen LogP) is 2.47. The maximum absolute atomic E-state index is 13.6. The van der Waals surface area contributed by atoms with Crippen molar-refractivity contribution in [2.24, 2.45) is 11.8 Å². The molecule has 3 aliphatic heterocycles. The molecule has 3 aliphatic rings. The molecule has 1 aromatic heterocycles.